The topological polar surface area (TPSA) is 49.8 Å². The number of anilines is 2. The van der Waals surface area contributed by atoms with E-state index in [4.69, 9.17) is 0 Å². The number of rotatable bonds is 6. The van der Waals surface area contributed by atoms with Crippen molar-refractivity contribution in [3.05, 3.63) is 11.4 Å². The summed E-state index contributed by atoms with van der Waals surface area (Å²) < 4.78 is 0. The van der Waals surface area contributed by atoms with Crippen LogP contribution >= 0.6 is 0 Å². The molecule has 4 nitrogen and oxygen atoms in total. The van der Waals surface area contributed by atoms with Gasteiger partial charge in [0.25, 0.3) is 0 Å². The molecule has 1 fully saturated rings. The molecule has 19 heavy (non-hydrogen) atoms. The van der Waals surface area contributed by atoms with E-state index in [1.165, 1.54) is 19.3 Å². The Morgan fingerprint density at radius 2 is 1.74 bits per heavy atom. The van der Waals surface area contributed by atoms with Gasteiger partial charge in [-0.05, 0) is 38.5 Å². The van der Waals surface area contributed by atoms with Gasteiger partial charge in [0.1, 0.15) is 17.5 Å². The number of nitrogens with zero attached hydrogens (tertiary/aromatic N) is 2. The Morgan fingerprint density at radius 3 is 2.26 bits per heavy atom. The number of hydrogen-bond donors (Lipinski definition) is 2. The minimum absolute atomic E-state index is 0.461. The second kappa shape index (κ2) is 5.76. The van der Waals surface area contributed by atoms with Crippen LogP contribution in [0.1, 0.15) is 50.9 Å². The van der Waals surface area contributed by atoms with E-state index >= 15 is 0 Å². The molecule has 0 saturated heterocycles. The fourth-order valence-electron chi connectivity index (χ4n) is 2.47. The molecule has 0 unspecified atom stereocenters. The van der Waals surface area contributed by atoms with Crippen molar-refractivity contribution in [3.8, 4) is 0 Å². The summed E-state index contributed by atoms with van der Waals surface area (Å²) in [4.78, 5) is 9.03. The Balaban J connectivity index is 2.08. The van der Waals surface area contributed by atoms with Gasteiger partial charge in [0.15, 0.2) is 0 Å². The fourth-order valence-corrected chi connectivity index (χ4v) is 2.47. The predicted octanol–water partition coefficient (Wildman–Crippen LogP) is 3.52. The average molecular weight is 262 g/mol. The molecule has 1 aliphatic rings. The van der Waals surface area contributed by atoms with Gasteiger partial charge >= 0.3 is 0 Å². The summed E-state index contributed by atoms with van der Waals surface area (Å²) in [6.45, 7) is 10.5. The molecule has 0 aliphatic heterocycles. The van der Waals surface area contributed by atoms with Crippen molar-refractivity contribution in [3.63, 3.8) is 0 Å². The lowest BCUT2D eigenvalue weighted by molar-refractivity contribution is 0.180. The number of aromatic nitrogens is 2. The lowest BCUT2D eigenvalue weighted by Crippen LogP contribution is -2.33. The van der Waals surface area contributed by atoms with E-state index in [1.54, 1.807) is 0 Å². The summed E-state index contributed by atoms with van der Waals surface area (Å²) in [5, 5.41) is 6.90. The number of nitrogens with one attached hydrogen (secondary N) is 2. The van der Waals surface area contributed by atoms with Gasteiger partial charge in [0.2, 0.25) is 0 Å². The van der Waals surface area contributed by atoms with Crippen molar-refractivity contribution in [2.24, 2.45) is 5.41 Å². The highest BCUT2D eigenvalue weighted by molar-refractivity contribution is 5.57. The van der Waals surface area contributed by atoms with Crippen LogP contribution in [0.3, 0.4) is 0 Å². The number of hydrogen-bond acceptors (Lipinski definition) is 4. The van der Waals surface area contributed by atoms with E-state index in [9.17, 15) is 0 Å². The number of aryl methyl sites for hydroxylation is 1. The van der Waals surface area contributed by atoms with E-state index in [1.807, 2.05) is 6.92 Å². The van der Waals surface area contributed by atoms with E-state index in [0.717, 1.165) is 42.5 Å². The van der Waals surface area contributed by atoms with Crippen LogP contribution in [-0.2, 0) is 0 Å². The third-order valence-electron chi connectivity index (χ3n) is 4.04. The molecule has 1 aromatic heterocycles. The molecule has 0 amide bonds. The standard InChI is InChI=1S/C15H26N4/c1-5-9-16-13-11(2)14(19-12(3)18-13)17-10-15(4)7-6-8-15/h5-10H2,1-4H3,(H2,16,17,18,19). The highest BCUT2D eigenvalue weighted by Crippen LogP contribution is 2.40. The van der Waals surface area contributed by atoms with Crippen molar-refractivity contribution >= 4 is 11.6 Å². The van der Waals surface area contributed by atoms with Crippen molar-refractivity contribution in [2.75, 3.05) is 23.7 Å². The summed E-state index contributed by atoms with van der Waals surface area (Å²) in [7, 11) is 0. The first-order valence-electron chi connectivity index (χ1n) is 7.37. The first-order chi connectivity index (χ1) is 9.04. The summed E-state index contributed by atoms with van der Waals surface area (Å²) in [6.07, 6.45) is 5.11. The van der Waals surface area contributed by atoms with E-state index in [0.29, 0.717) is 5.41 Å². The van der Waals surface area contributed by atoms with Gasteiger partial charge in [-0.1, -0.05) is 20.3 Å². The quantitative estimate of drug-likeness (QED) is 0.823. The molecule has 1 aromatic rings. The lowest BCUT2D eigenvalue weighted by atomic mass is 9.70. The SMILES string of the molecule is CCCNc1nc(C)nc(NCC2(C)CCC2)c1C. The molecule has 1 aliphatic carbocycles. The predicted molar refractivity (Wildman–Crippen MR) is 80.7 cm³/mol. The van der Waals surface area contributed by atoms with Gasteiger partial charge in [-0.15, -0.1) is 0 Å². The van der Waals surface area contributed by atoms with Crippen LogP contribution in [-0.4, -0.2) is 23.1 Å². The van der Waals surface area contributed by atoms with Crippen molar-refractivity contribution in [2.45, 2.75) is 53.4 Å². The largest absolute Gasteiger partial charge is 0.370 e. The maximum Gasteiger partial charge on any atom is 0.134 e. The second-order valence-electron chi connectivity index (χ2n) is 6.04. The highest BCUT2D eigenvalue weighted by Gasteiger charge is 2.31. The third-order valence-corrected chi connectivity index (χ3v) is 4.04. The van der Waals surface area contributed by atoms with Gasteiger partial charge < -0.3 is 10.6 Å². The monoisotopic (exact) mass is 262 g/mol. The Kier molecular flexibility index (Phi) is 4.27. The maximum absolute atomic E-state index is 4.54. The zero-order valence-electron chi connectivity index (χ0n) is 12.6. The Morgan fingerprint density at radius 1 is 1.11 bits per heavy atom. The molecule has 0 aromatic carbocycles. The first kappa shape index (κ1) is 14.1. The molecule has 0 radical (unpaired) electrons. The molecule has 1 heterocycles. The van der Waals surface area contributed by atoms with Crippen molar-refractivity contribution < 1.29 is 0 Å². The molecule has 106 valence electrons. The van der Waals surface area contributed by atoms with E-state index in [2.05, 4.69) is 41.4 Å². The molecule has 4 heteroatoms. The van der Waals surface area contributed by atoms with Crippen molar-refractivity contribution in [1.29, 1.82) is 0 Å². The summed E-state index contributed by atoms with van der Waals surface area (Å²) >= 11 is 0. The zero-order chi connectivity index (χ0) is 13.9. The van der Waals surface area contributed by atoms with Crippen LogP contribution in [0.15, 0.2) is 0 Å². The molecular weight excluding hydrogens is 236 g/mol. The van der Waals surface area contributed by atoms with Crippen molar-refractivity contribution in [1.82, 2.24) is 9.97 Å². The van der Waals surface area contributed by atoms with Crippen LogP contribution in [0.5, 0.6) is 0 Å². The average Bonchev–Trinajstić information content (AvgIpc) is 2.35. The van der Waals surface area contributed by atoms with Crippen LogP contribution in [0.4, 0.5) is 11.6 Å². The lowest BCUT2D eigenvalue weighted by Gasteiger charge is -2.38. The molecule has 0 bridgehead atoms. The molecule has 0 spiro atoms. The molecular formula is C15H26N4. The zero-order valence-corrected chi connectivity index (χ0v) is 12.6. The van der Waals surface area contributed by atoms with Crippen LogP contribution in [0, 0.1) is 19.3 Å². The van der Waals surface area contributed by atoms with E-state index < -0.39 is 0 Å². The molecule has 1 saturated carbocycles. The van der Waals surface area contributed by atoms with Gasteiger partial charge in [0, 0.05) is 18.7 Å². The molecule has 0 atom stereocenters. The maximum atomic E-state index is 4.54. The highest BCUT2D eigenvalue weighted by atomic mass is 15.1. The first-order valence-corrected chi connectivity index (χ1v) is 7.37. The molecule has 2 rings (SSSR count). The smallest absolute Gasteiger partial charge is 0.134 e. The van der Waals surface area contributed by atoms with Crippen LogP contribution in [0.2, 0.25) is 0 Å². The minimum Gasteiger partial charge on any atom is -0.370 e. The summed E-state index contributed by atoms with van der Waals surface area (Å²) in [5.41, 5.74) is 1.59. The third kappa shape index (κ3) is 3.37. The normalized spacial score (nSPS) is 16.8. The van der Waals surface area contributed by atoms with Gasteiger partial charge in [-0.2, -0.15) is 0 Å². The fraction of sp³-hybridized carbons (Fsp3) is 0.733. The van der Waals surface area contributed by atoms with Gasteiger partial charge in [-0.25, -0.2) is 9.97 Å². The van der Waals surface area contributed by atoms with E-state index in [-0.39, 0.29) is 0 Å². The second-order valence-corrected chi connectivity index (χ2v) is 6.04. The summed E-state index contributed by atoms with van der Waals surface area (Å²) in [5.74, 6) is 2.78. The van der Waals surface area contributed by atoms with Gasteiger partial charge in [0.05, 0.1) is 0 Å². The van der Waals surface area contributed by atoms with Crippen LogP contribution in [0.25, 0.3) is 0 Å². The Labute approximate surface area is 116 Å². The summed E-state index contributed by atoms with van der Waals surface area (Å²) in [6, 6.07) is 0. The van der Waals surface area contributed by atoms with Gasteiger partial charge in [-0.3, -0.25) is 0 Å². The van der Waals surface area contributed by atoms with Crippen LogP contribution < -0.4 is 10.6 Å². The Hall–Kier alpha value is -1.32. The Bertz CT molecular complexity index is 438. The minimum atomic E-state index is 0.461. The molecule has 2 N–H and O–H groups in total.